The van der Waals surface area contributed by atoms with Gasteiger partial charge in [0.15, 0.2) is 6.04 Å². The van der Waals surface area contributed by atoms with Crippen molar-refractivity contribution in [1.82, 2.24) is 10.4 Å². The number of hydrogen-bond acceptors (Lipinski definition) is 12. The summed E-state index contributed by atoms with van der Waals surface area (Å²) in [6.07, 6.45) is 0.739. The summed E-state index contributed by atoms with van der Waals surface area (Å²) in [6, 6.07) is 5.65. The van der Waals surface area contributed by atoms with E-state index in [2.05, 4.69) is 5.32 Å². The van der Waals surface area contributed by atoms with E-state index in [0.717, 1.165) is 11.1 Å². The lowest BCUT2D eigenvalue weighted by Crippen LogP contribution is -2.70. The lowest BCUT2D eigenvalue weighted by atomic mass is 9.62. The molecule has 236 valence electrons. The number of ether oxygens (including phenoxy) is 5. The van der Waals surface area contributed by atoms with Crippen LogP contribution in [0.2, 0.25) is 0 Å². The van der Waals surface area contributed by atoms with Crippen molar-refractivity contribution >= 4 is 23.9 Å². The molecule has 4 aliphatic rings. The van der Waals surface area contributed by atoms with E-state index < -0.39 is 72.0 Å². The molecule has 3 N–H and O–H groups in total. The van der Waals surface area contributed by atoms with Gasteiger partial charge in [0.25, 0.3) is 0 Å². The van der Waals surface area contributed by atoms with E-state index in [1.54, 1.807) is 26.8 Å². The number of hydrogen-bond donors (Lipinski definition) is 3. The predicted octanol–water partition coefficient (Wildman–Crippen LogP) is 0.807. The fourth-order valence-corrected chi connectivity index (χ4v) is 6.27. The highest BCUT2D eigenvalue weighted by Gasteiger charge is 2.74. The van der Waals surface area contributed by atoms with Crippen LogP contribution in [0, 0.1) is 5.41 Å². The highest BCUT2D eigenvalue weighted by molar-refractivity contribution is 5.93. The van der Waals surface area contributed by atoms with Gasteiger partial charge in [-0.15, -0.1) is 0 Å². The number of rotatable bonds is 12. The molecule has 0 spiro atoms. The van der Waals surface area contributed by atoms with Crippen LogP contribution in [0.4, 0.5) is 0 Å². The van der Waals surface area contributed by atoms with E-state index in [9.17, 15) is 19.5 Å². The van der Waals surface area contributed by atoms with Crippen molar-refractivity contribution in [1.29, 1.82) is 0 Å². The first-order chi connectivity index (χ1) is 20.6. The van der Waals surface area contributed by atoms with Crippen LogP contribution >= 0.6 is 0 Å². The average Bonchev–Trinajstić information content (AvgIpc) is 3.57. The number of esters is 2. The second kappa shape index (κ2) is 12.9. The van der Waals surface area contributed by atoms with Crippen molar-refractivity contribution in [3.05, 3.63) is 41.7 Å². The molecule has 1 amide bonds. The Balaban J connectivity index is 1.37. The number of carbonyl (C=O) groups is 3. The first-order valence-electron chi connectivity index (χ1n) is 14.5. The molecule has 3 aliphatic heterocycles. The first-order valence-corrected chi connectivity index (χ1v) is 14.5. The van der Waals surface area contributed by atoms with Gasteiger partial charge < -0.3 is 39.2 Å². The van der Waals surface area contributed by atoms with E-state index >= 15 is 0 Å². The Morgan fingerprint density at radius 3 is 2.77 bits per heavy atom. The number of aliphatic hydroxyl groups is 2. The third-order valence-electron chi connectivity index (χ3n) is 8.02. The molecule has 1 saturated carbocycles. The van der Waals surface area contributed by atoms with Gasteiger partial charge >= 0.3 is 11.9 Å². The zero-order valence-electron chi connectivity index (χ0n) is 24.6. The van der Waals surface area contributed by atoms with Crippen LogP contribution < -0.4 is 5.32 Å². The Morgan fingerprint density at radius 1 is 1.23 bits per heavy atom. The SMILES string of the molecule is CC(C)(C)OC(=O)CC[C@@H](CO)NC(=O)[C@@]12C[C@H]3OC(=O)[C@@H]1N(Cc1cccc(C=COCCO)c1)O[C@@H]2[C@H]1OCO[C@H]13. The van der Waals surface area contributed by atoms with Crippen LogP contribution in [0.15, 0.2) is 30.5 Å². The highest BCUT2D eigenvalue weighted by Crippen LogP contribution is 2.55. The number of hydroxylamine groups is 2. The lowest BCUT2D eigenvalue weighted by Gasteiger charge is -2.49. The molecule has 1 aromatic carbocycles. The summed E-state index contributed by atoms with van der Waals surface area (Å²) >= 11 is 0. The minimum Gasteiger partial charge on any atom is -0.499 e. The molecule has 0 radical (unpaired) electrons. The summed E-state index contributed by atoms with van der Waals surface area (Å²) in [5.74, 6) is -1.53. The van der Waals surface area contributed by atoms with Gasteiger partial charge in [-0.05, 0) is 44.4 Å². The van der Waals surface area contributed by atoms with Crippen molar-refractivity contribution in [3.8, 4) is 0 Å². The van der Waals surface area contributed by atoms with Crippen molar-refractivity contribution in [2.75, 3.05) is 26.6 Å². The molecule has 1 aliphatic carbocycles. The molecule has 13 nitrogen and oxygen atoms in total. The number of amides is 1. The summed E-state index contributed by atoms with van der Waals surface area (Å²) in [5.41, 5.74) is -0.408. The van der Waals surface area contributed by atoms with E-state index in [0.29, 0.717) is 0 Å². The van der Waals surface area contributed by atoms with Crippen LogP contribution in [0.5, 0.6) is 0 Å². The monoisotopic (exact) mass is 604 g/mol. The minimum absolute atomic E-state index is 0.00655. The molecular formula is C30H40N2O11. The summed E-state index contributed by atoms with van der Waals surface area (Å²) < 4.78 is 28.0. The number of nitrogens with one attached hydrogen (secondary N) is 1. The third-order valence-corrected chi connectivity index (χ3v) is 8.02. The van der Waals surface area contributed by atoms with Gasteiger partial charge in [0, 0.05) is 12.8 Å². The van der Waals surface area contributed by atoms with Crippen molar-refractivity contribution < 1.29 is 53.1 Å². The van der Waals surface area contributed by atoms with Crippen molar-refractivity contribution in [2.45, 2.75) is 88.7 Å². The van der Waals surface area contributed by atoms with Crippen molar-refractivity contribution in [3.63, 3.8) is 0 Å². The maximum atomic E-state index is 14.2. The third kappa shape index (κ3) is 6.56. The van der Waals surface area contributed by atoms with E-state index in [-0.39, 0.29) is 45.8 Å². The van der Waals surface area contributed by atoms with Gasteiger partial charge in [-0.25, -0.2) is 0 Å². The number of carbonyl (C=O) groups excluding carboxylic acids is 3. The van der Waals surface area contributed by atoms with E-state index in [1.165, 1.54) is 11.3 Å². The molecule has 5 rings (SSSR count). The van der Waals surface area contributed by atoms with Gasteiger partial charge in [0.1, 0.15) is 48.8 Å². The van der Waals surface area contributed by atoms with Gasteiger partial charge in [0.05, 0.1) is 32.1 Å². The molecule has 3 saturated heterocycles. The van der Waals surface area contributed by atoms with Crippen LogP contribution in [0.1, 0.15) is 51.2 Å². The van der Waals surface area contributed by atoms with Gasteiger partial charge in [-0.3, -0.25) is 19.2 Å². The zero-order valence-corrected chi connectivity index (χ0v) is 24.6. The maximum Gasteiger partial charge on any atom is 0.327 e. The molecule has 2 bridgehead atoms. The van der Waals surface area contributed by atoms with Crippen molar-refractivity contribution in [2.24, 2.45) is 5.41 Å². The lowest BCUT2D eigenvalue weighted by molar-refractivity contribution is -0.201. The molecule has 1 aromatic rings. The van der Waals surface area contributed by atoms with Gasteiger partial charge in [-0.1, -0.05) is 24.3 Å². The van der Waals surface area contributed by atoms with Gasteiger partial charge in [-0.2, -0.15) is 5.06 Å². The van der Waals surface area contributed by atoms with Crippen LogP contribution in [-0.2, 0) is 49.5 Å². The molecule has 43 heavy (non-hydrogen) atoms. The fraction of sp³-hybridized carbons (Fsp3) is 0.633. The smallest absolute Gasteiger partial charge is 0.327 e. The Kier molecular flexibility index (Phi) is 9.40. The average molecular weight is 605 g/mol. The normalized spacial score (nSPS) is 30.5. The minimum atomic E-state index is -1.39. The standard InChI is InChI=1S/C30H40N2O11/c1-29(2,3)42-22(35)8-7-20(16-34)31-28(37)30-14-21-23-24(40-17-39-23)26(30)43-32(25(30)27(36)41-21)15-19-6-4-5-18(13-19)9-11-38-12-10-33/h4-6,9,11,13,20-21,23-26,33-34H,7-8,10,12,14-17H2,1-3H3,(H,31,37)/t20-,21+,23-,24-,25-,26+,30-/m0/s1. The number of aliphatic hydroxyl groups excluding tert-OH is 2. The molecule has 7 atom stereocenters. The molecule has 3 heterocycles. The van der Waals surface area contributed by atoms with Crippen LogP contribution in [0.25, 0.3) is 6.08 Å². The molecule has 0 unspecified atom stereocenters. The van der Waals surface area contributed by atoms with Crippen LogP contribution in [0.3, 0.4) is 0 Å². The van der Waals surface area contributed by atoms with Gasteiger partial charge in [0.2, 0.25) is 5.91 Å². The summed E-state index contributed by atoms with van der Waals surface area (Å²) in [5, 5.41) is 23.3. The second-order valence-corrected chi connectivity index (χ2v) is 12.2. The first kappa shape index (κ1) is 31.4. The second-order valence-electron chi connectivity index (χ2n) is 12.2. The zero-order chi connectivity index (χ0) is 30.8. The Bertz CT molecular complexity index is 1220. The maximum absolute atomic E-state index is 14.2. The quantitative estimate of drug-likeness (QED) is 0.175. The number of fused-ring (bicyclic) bond motifs is 4. The Labute approximate surface area is 249 Å². The number of benzene rings is 1. The topological polar surface area (TPSA) is 162 Å². The molecule has 0 aromatic heterocycles. The fourth-order valence-electron chi connectivity index (χ4n) is 6.27. The number of nitrogens with zero attached hydrogens (tertiary/aromatic N) is 1. The van der Waals surface area contributed by atoms with Crippen LogP contribution in [-0.4, -0.2) is 102 Å². The summed E-state index contributed by atoms with van der Waals surface area (Å²) in [7, 11) is 0. The summed E-state index contributed by atoms with van der Waals surface area (Å²) in [6.45, 7) is 5.12. The Hall–Kier alpha value is -3.07. The van der Waals surface area contributed by atoms with E-state index in [4.69, 9.17) is 33.6 Å². The molecular weight excluding hydrogens is 564 g/mol. The Morgan fingerprint density at radius 2 is 2.02 bits per heavy atom. The molecule has 4 fully saturated rings. The predicted molar refractivity (Wildman–Crippen MR) is 148 cm³/mol. The van der Waals surface area contributed by atoms with E-state index in [1.807, 2.05) is 24.3 Å². The highest BCUT2D eigenvalue weighted by atomic mass is 16.8. The largest absolute Gasteiger partial charge is 0.499 e. The molecule has 13 heteroatoms. The summed E-state index contributed by atoms with van der Waals surface area (Å²) in [4.78, 5) is 46.4.